The summed E-state index contributed by atoms with van der Waals surface area (Å²) in [5.74, 6) is 2.39. The Morgan fingerprint density at radius 2 is 1.58 bits per heavy atom. The molecule has 1 aromatic rings. The summed E-state index contributed by atoms with van der Waals surface area (Å²) in [5, 5.41) is 11.6. The third kappa shape index (κ3) is 3.52. The number of hydrogen-bond acceptors (Lipinski definition) is 4. The van der Waals surface area contributed by atoms with E-state index in [0.717, 1.165) is 17.8 Å². The van der Waals surface area contributed by atoms with Gasteiger partial charge in [-0.1, -0.05) is 0 Å². The molecule has 0 aromatic heterocycles. The summed E-state index contributed by atoms with van der Waals surface area (Å²) in [7, 11) is -3.72. The summed E-state index contributed by atoms with van der Waals surface area (Å²) in [4.78, 5) is 12.6. The zero-order valence-corrected chi connectivity index (χ0v) is 15.9. The van der Waals surface area contributed by atoms with Crippen LogP contribution in [0.3, 0.4) is 0 Å². The van der Waals surface area contributed by atoms with Crippen molar-refractivity contribution in [2.24, 2.45) is 22.9 Å². The van der Waals surface area contributed by atoms with E-state index in [9.17, 15) is 13.2 Å². The van der Waals surface area contributed by atoms with Gasteiger partial charge < -0.3 is 10.6 Å². The van der Waals surface area contributed by atoms with E-state index in [4.69, 9.17) is 5.14 Å². The molecule has 4 bridgehead atoms. The summed E-state index contributed by atoms with van der Waals surface area (Å²) in [6.07, 6.45) is 7.70. The first-order valence-corrected chi connectivity index (χ1v) is 11.0. The number of anilines is 1. The molecule has 0 heterocycles. The lowest BCUT2D eigenvalue weighted by Crippen LogP contribution is -2.62. The fourth-order valence-corrected chi connectivity index (χ4v) is 6.31. The molecule has 0 aliphatic heterocycles. The molecule has 5 rings (SSSR count). The van der Waals surface area contributed by atoms with E-state index in [2.05, 4.69) is 10.6 Å². The number of rotatable bonds is 5. The fraction of sp³-hybridized carbons (Fsp3) is 0.632. The topological polar surface area (TPSA) is 101 Å². The van der Waals surface area contributed by atoms with Crippen molar-refractivity contribution in [2.45, 2.75) is 61.9 Å². The first-order chi connectivity index (χ1) is 12.2. The van der Waals surface area contributed by atoms with Crippen LogP contribution in [0, 0.1) is 17.8 Å². The second kappa shape index (κ2) is 6.32. The Bertz CT molecular complexity index is 769. The number of carbonyl (C=O) groups excluding carboxylic acids is 1. The van der Waals surface area contributed by atoms with Crippen LogP contribution in [0.2, 0.25) is 0 Å². The highest BCUT2D eigenvalue weighted by atomic mass is 32.2. The number of benzene rings is 1. The van der Waals surface area contributed by atoms with Gasteiger partial charge in [0.2, 0.25) is 15.9 Å². The predicted octanol–water partition coefficient (Wildman–Crippen LogP) is 2.22. The van der Waals surface area contributed by atoms with Gasteiger partial charge in [0.15, 0.2) is 0 Å². The number of primary sulfonamides is 1. The van der Waals surface area contributed by atoms with Crippen molar-refractivity contribution in [3.8, 4) is 0 Å². The number of carbonyl (C=O) groups is 1. The Balaban J connectivity index is 1.39. The van der Waals surface area contributed by atoms with E-state index in [1.165, 1.54) is 50.7 Å². The summed E-state index contributed by atoms with van der Waals surface area (Å²) in [6.45, 7) is 1.91. The zero-order valence-electron chi connectivity index (χ0n) is 15.1. The average Bonchev–Trinajstić information content (AvgIpc) is 2.52. The molecular formula is C19H27N3O3S. The quantitative estimate of drug-likeness (QED) is 0.732. The predicted molar refractivity (Wildman–Crippen MR) is 99.9 cm³/mol. The first kappa shape index (κ1) is 17.9. The van der Waals surface area contributed by atoms with E-state index in [1.807, 2.05) is 6.92 Å². The van der Waals surface area contributed by atoms with Gasteiger partial charge >= 0.3 is 0 Å². The van der Waals surface area contributed by atoms with Gasteiger partial charge in [-0.05, 0) is 87.5 Å². The van der Waals surface area contributed by atoms with Crippen molar-refractivity contribution in [1.29, 1.82) is 0 Å². The normalized spacial score (nSPS) is 33.8. The summed E-state index contributed by atoms with van der Waals surface area (Å²) < 4.78 is 22.6. The third-order valence-corrected chi connectivity index (χ3v) is 7.33. The molecule has 26 heavy (non-hydrogen) atoms. The molecule has 4 aliphatic carbocycles. The van der Waals surface area contributed by atoms with Crippen LogP contribution in [0.15, 0.2) is 29.2 Å². The molecule has 1 aromatic carbocycles. The van der Waals surface area contributed by atoms with Crippen LogP contribution in [0.25, 0.3) is 0 Å². The van der Waals surface area contributed by atoms with Crippen molar-refractivity contribution in [3.05, 3.63) is 24.3 Å². The lowest BCUT2D eigenvalue weighted by atomic mass is 9.53. The fourth-order valence-electron chi connectivity index (χ4n) is 5.79. The smallest absolute Gasteiger partial charge is 0.241 e. The Morgan fingerprint density at radius 3 is 2.04 bits per heavy atom. The Hall–Kier alpha value is -1.44. The number of nitrogens with one attached hydrogen (secondary N) is 2. The second-order valence-corrected chi connectivity index (χ2v) is 10.2. The molecule has 4 N–H and O–H groups in total. The van der Waals surface area contributed by atoms with Crippen molar-refractivity contribution in [2.75, 3.05) is 5.32 Å². The summed E-state index contributed by atoms with van der Waals surface area (Å²) >= 11 is 0. The molecule has 1 amide bonds. The minimum Gasteiger partial charge on any atom is -0.325 e. The standard InChI is InChI=1S/C19H27N3O3S/c1-12(18(23)21-16-2-4-17(5-3-16)26(20,24)25)22-19-9-13-6-14(10-19)8-15(7-13)11-19/h2-5,12-15,22H,6-11H2,1H3,(H,21,23)(H2,20,24,25)/t12-,13?,14?,15?,19?/m1/s1. The van der Waals surface area contributed by atoms with Crippen LogP contribution < -0.4 is 15.8 Å². The van der Waals surface area contributed by atoms with E-state index < -0.39 is 10.0 Å². The highest BCUT2D eigenvalue weighted by Crippen LogP contribution is 2.55. The van der Waals surface area contributed by atoms with Crippen molar-refractivity contribution in [3.63, 3.8) is 0 Å². The maximum Gasteiger partial charge on any atom is 0.241 e. The van der Waals surface area contributed by atoms with E-state index >= 15 is 0 Å². The molecule has 142 valence electrons. The van der Waals surface area contributed by atoms with Gasteiger partial charge in [0, 0.05) is 11.2 Å². The van der Waals surface area contributed by atoms with Crippen LogP contribution in [0.5, 0.6) is 0 Å². The van der Waals surface area contributed by atoms with Gasteiger partial charge in [0.05, 0.1) is 10.9 Å². The van der Waals surface area contributed by atoms with Gasteiger partial charge in [0.25, 0.3) is 0 Å². The lowest BCUT2D eigenvalue weighted by Gasteiger charge is -2.57. The molecule has 4 fully saturated rings. The Labute approximate surface area is 155 Å². The number of hydrogen-bond donors (Lipinski definition) is 3. The van der Waals surface area contributed by atoms with Gasteiger partial charge in [0.1, 0.15) is 0 Å². The van der Waals surface area contributed by atoms with Gasteiger partial charge in [-0.3, -0.25) is 4.79 Å². The van der Waals surface area contributed by atoms with Crippen molar-refractivity contribution < 1.29 is 13.2 Å². The number of amides is 1. The summed E-state index contributed by atoms with van der Waals surface area (Å²) in [6, 6.07) is 5.65. The third-order valence-electron chi connectivity index (χ3n) is 6.40. The van der Waals surface area contributed by atoms with Gasteiger partial charge in [-0.25, -0.2) is 13.6 Å². The molecule has 6 nitrogen and oxygen atoms in total. The highest BCUT2D eigenvalue weighted by Gasteiger charge is 2.51. The van der Waals surface area contributed by atoms with E-state index in [-0.39, 0.29) is 22.4 Å². The maximum absolute atomic E-state index is 12.6. The Kier molecular flexibility index (Phi) is 4.36. The van der Waals surface area contributed by atoms with Crippen LogP contribution in [0.1, 0.15) is 45.4 Å². The molecule has 4 saturated carbocycles. The average molecular weight is 378 g/mol. The van der Waals surface area contributed by atoms with E-state index in [0.29, 0.717) is 5.69 Å². The van der Waals surface area contributed by atoms with Crippen LogP contribution in [0.4, 0.5) is 5.69 Å². The molecule has 0 unspecified atom stereocenters. The minimum absolute atomic E-state index is 0.0373. The highest BCUT2D eigenvalue weighted by molar-refractivity contribution is 7.89. The molecule has 1 atom stereocenters. The largest absolute Gasteiger partial charge is 0.325 e. The molecular weight excluding hydrogens is 350 g/mol. The van der Waals surface area contributed by atoms with Crippen molar-refractivity contribution in [1.82, 2.24) is 5.32 Å². The minimum atomic E-state index is -3.72. The summed E-state index contributed by atoms with van der Waals surface area (Å²) in [5.41, 5.74) is 0.699. The van der Waals surface area contributed by atoms with Gasteiger partial charge in [-0.2, -0.15) is 0 Å². The molecule has 0 radical (unpaired) electrons. The lowest BCUT2D eigenvalue weighted by molar-refractivity contribution is -0.119. The van der Waals surface area contributed by atoms with Crippen LogP contribution >= 0.6 is 0 Å². The Morgan fingerprint density at radius 1 is 1.08 bits per heavy atom. The first-order valence-electron chi connectivity index (χ1n) is 9.44. The zero-order chi connectivity index (χ0) is 18.5. The van der Waals surface area contributed by atoms with Crippen LogP contribution in [-0.2, 0) is 14.8 Å². The monoisotopic (exact) mass is 377 g/mol. The number of nitrogens with two attached hydrogens (primary N) is 1. The van der Waals surface area contributed by atoms with Crippen molar-refractivity contribution >= 4 is 21.6 Å². The van der Waals surface area contributed by atoms with Gasteiger partial charge in [-0.15, -0.1) is 0 Å². The van der Waals surface area contributed by atoms with E-state index in [1.54, 1.807) is 12.1 Å². The molecule has 0 spiro atoms. The second-order valence-electron chi connectivity index (χ2n) is 8.62. The van der Waals surface area contributed by atoms with Crippen LogP contribution in [-0.4, -0.2) is 25.9 Å². The number of sulfonamides is 1. The molecule has 4 aliphatic rings. The molecule has 0 saturated heterocycles. The maximum atomic E-state index is 12.6. The SMILES string of the molecule is C[C@@H](NC12CC3CC(CC(C3)C1)C2)C(=O)Nc1ccc(S(N)(=O)=O)cc1. The molecule has 7 heteroatoms.